The van der Waals surface area contributed by atoms with E-state index in [1.54, 1.807) is 0 Å². The first-order valence-electron chi connectivity index (χ1n) is 11.6. The molecule has 3 aromatic rings. The lowest BCUT2D eigenvalue weighted by Crippen LogP contribution is -2.62. The van der Waals surface area contributed by atoms with E-state index in [1.165, 1.54) is 0 Å². The molecule has 0 bridgehead atoms. The van der Waals surface area contributed by atoms with Gasteiger partial charge in [-0.1, -0.05) is 91.0 Å². The predicted molar refractivity (Wildman–Crippen MR) is 132 cm³/mol. The molecule has 1 fully saturated rings. The summed E-state index contributed by atoms with van der Waals surface area (Å²) in [5.41, 5.74) is 2.51. The summed E-state index contributed by atoms with van der Waals surface area (Å²) in [7, 11) is -4.68. The minimum atomic E-state index is -4.68. The molecule has 4 rings (SSSR count). The van der Waals surface area contributed by atoms with Crippen LogP contribution in [0.1, 0.15) is 16.7 Å². The Morgan fingerprint density at radius 1 is 0.694 bits per heavy atom. The first-order chi connectivity index (χ1) is 17.4. The molecule has 8 nitrogen and oxygen atoms in total. The number of hydrogen-bond acceptors (Lipinski definition) is 7. The van der Waals surface area contributed by atoms with Gasteiger partial charge in [-0.05, 0) is 16.7 Å². The van der Waals surface area contributed by atoms with Crippen molar-refractivity contribution >= 4 is 10.1 Å². The lowest BCUT2D eigenvalue weighted by Gasteiger charge is -2.43. The number of benzene rings is 3. The molecule has 0 aliphatic carbocycles. The van der Waals surface area contributed by atoms with Crippen molar-refractivity contribution in [1.29, 1.82) is 0 Å². The maximum atomic E-state index is 12.6. The SMILES string of the molecule is O=S(=O)(O)[C@@H]1[C@H](OCc2ccccc2)[C@@H](OCc2ccccc2)[C@@H](O)O[C@@H]1COCc1ccccc1. The molecule has 192 valence electrons. The van der Waals surface area contributed by atoms with Crippen molar-refractivity contribution in [3.05, 3.63) is 108 Å². The van der Waals surface area contributed by atoms with Crippen molar-refractivity contribution in [3.8, 4) is 0 Å². The van der Waals surface area contributed by atoms with Gasteiger partial charge in [-0.15, -0.1) is 0 Å². The van der Waals surface area contributed by atoms with Crippen molar-refractivity contribution in [2.45, 2.75) is 49.7 Å². The van der Waals surface area contributed by atoms with E-state index in [-0.39, 0.29) is 26.4 Å². The van der Waals surface area contributed by atoms with Gasteiger partial charge >= 0.3 is 0 Å². The molecule has 0 amide bonds. The molecule has 0 spiro atoms. The first kappa shape index (κ1) is 26.4. The van der Waals surface area contributed by atoms with E-state index in [2.05, 4.69) is 0 Å². The molecule has 36 heavy (non-hydrogen) atoms. The van der Waals surface area contributed by atoms with Crippen LogP contribution in [0.25, 0.3) is 0 Å². The van der Waals surface area contributed by atoms with Crippen molar-refractivity contribution < 1.29 is 37.0 Å². The molecule has 0 radical (unpaired) electrons. The van der Waals surface area contributed by atoms with Crippen molar-refractivity contribution in [2.75, 3.05) is 6.61 Å². The van der Waals surface area contributed by atoms with Crippen LogP contribution < -0.4 is 0 Å². The Morgan fingerprint density at radius 3 is 1.61 bits per heavy atom. The average Bonchev–Trinajstić information content (AvgIpc) is 2.88. The van der Waals surface area contributed by atoms with E-state index >= 15 is 0 Å². The summed E-state index contributed by atoms with van der Waals surface area (Å²) in [6.07, 6.45) is -5.09. The van der Waals surface area contributed by atoms with Gasteiger partial charge in [-0.2, -0.15) is 8.42 Å². The molecule has 1 saturated heterocycles. The lowest BCUT2D eigenvalue weighted by atomic mass is 10.0. The van der Waals surface area contributed by atoms with Crippen LogP contribution in [-0.4, -0.2) is 54.5 Å². The van der Waals surface area contributed by atoms with E-state index in [0.29, 0.717) is 0 Å². The normalized spacial score (nSPS) is 24.4. The second-order valence-electron chi connectivity index (χ2n) is 8.57. The zero-order valence-corrected chi connectivity index (χ0v) is 20.4. The molecule has 1 heterocycles. The maximum Gasteiger partial charge on any atom is 0.273 e. The summed E-state index contributed by atoms with van der Waals surface area (Å²) in [5.74, 6) is 0. The van der Waals surface area contributed by atoms with E-state index in [0.717, 1.165) is 16.7 Å². The number of hydrogen-bond donors (Lipinski definition) is 2. The van der Waals surface area contributed by atoms with Crippen LogP contribution in [0.15, 0.2) is 91.0 Å². The molecular weight excluding hydrogens is 484 g/mol. The van der Waals surface area contributed by atoms with Crippen molar-refractivity contribution in [3.63, 3.8) is 0 Å². The standard InChI is InChI=1S/C27H30O8S/c28-27-25(34-18-22-14-8-3-9-15-22)24(33-17-21-12-6-2-7-13-21)26(36(29,30)31)23(35-27)19-32-16-20-10-4-1-5-11-20/h1-15,23-28H,16-19H2,(H,29,30,31)/t23-,24-,25-,26+,27+/m1/s1. The number of rotatable bonds is 11. The quantitative estimate of drug-likeness (QED) is 0.375. The first-order valence-corrected chi connectivity index (χ1v) is 13.1. The molecule has 0 unspecified atom stereocenters. The van der Waals surface area contributed by atoms with Gasteiger partial charge < -0.3 is 24.1 Å². The predicted octanol–water partition coefficient (Wildman–Crippen LogP) is 3.35. The second-order valence-corrected chi connectivity index (χ2v) is 10.1. The summed E-state index contributed by atoms with van der Waals surface area (Å²) in [6, 6.07) is 27.8. The molecule has 0 saturated carbocycles. The van der Waals surface area contributed by atoms with E-state index < -0.39 is 40.0 Å². The Hall–Kier alpha value is -2.63. The van der Waals surface area contributed by atoms with Crippen LogP contribution in [0.5, 0.6) is 0 Å². The van der Waals surface area contributed by atoms with Gasteiger partial charge in [-0.3, -0.25) is 4.55 Å². The maximum absolute atomic E-state index is 12.6. The number of aliphatic hydroxyl groups excluding tert-OH is 1. The Morgan fingerprint density at radius 2 is 1.14 bits per heavy atom. The summed E-state index contributed by atoms with van der Waals surface area (Å²) in [6.45, 7) is 0.156. The minimum absolute atomic E-state index is 0.0486. The summed E-state index contributed by atoms with van der Waals surface area (Å²) in [4.78, 5) is 0. The van der Waals surface area contributed by atoms with Gasteiger partial charge in [0.25, 0.3) is 10.1 Å². The topological polar surface area (TPSA) is 112 Å². The van der Waals surface area contributed by atoms with Crippen LogP contribution in [0.2, 0.25) is 0 Å². The molecule has 5 atom stereocenters. The molecule has 2 N–H and O–H groups in total. The van der Waals surface area contributed by atoms with Gasteiger partial charge in [0.1, 0.15) is 23.6 Å². The highest BCUT2D eigenvalue weighted by Gasteiger charge is 2.52. The second kappa shape index (κ2) is 12.6. The molecule has 1 aliphatic heterocycles. The lowest BCUT2D eigenvalue weighted by molar-refractivity contribution is -0.275. The average molecular weight is 515 g/mol. The van der Waals surface area contributed by atoms with E-state index in [4.69, 9.17) is 18.9 Å². The summed E-state index contributed by atoms with van der Waals surface area (Å²) in [5, 5.41) is 9.29. The number of ether oxygens (including phenoxy) is 4. The highest BCUT2D eigenvalue weighted by molar-refractivity contribution is 7.86. The zero-order chi connectivity index (χ0) is 25.4. The smallest absolute Gasteiger partial charge is 0.273 e. The Balaban J connectivity index is 1.54. The van der Waals surface area contributed by atoms with E-state index in [9.17, 15) is 18.1 Å². The fourth-order valence-electron chi connectivity index (χ4n) is 4.16. The van der Waals surface area contributed by atoms with Crippen LogP contribution >= 0.6 is 0 Å². The van der Waals surface area contributed by atoms with Crippen LogP contribution in [0.4, 0.5) is 0 Å². The summed E-state index contributed by atoms with van der Waals surface area (Å²) < 4.78 is 58.6. The number of aliphatic hydroxyl groups is 1. The monoisotopic (exact) mass is 514 g/mol. The molecular formula is C27H30O8S. The van der Waals surface area contributed by atoms with Crippen molar-refractivity contribution in [2.24, 2.45) is 0 Å². The Kier molecular flexibility index (Phi) is 9.22. The largest absolute Gasteiger partial charge is 0.374 e. The van der Waals surface area contributed by atoms with E-state index in [1.807, 2.05) is 91.0 Å². The highest BCUT2D eigenvalue weighted by Crippen LogP contribution is 2.31. The zero-order valence-electron chi connectivity index (χ0n) is 19.6. The third kappa shape index (κ3) is 7.21. The van der Waals surface area contributed by atoms with Gasteiger partial charge in [0.2, 0.25) is 0 Å². The van der Waals surface area contributed by atoms with Gasteiger partial charge in [0, 0.05) is 0 Å². The van der Waals surface area contributed by atoms with Crippen LogP contribution in [0.3, 0.4) is 0 Å². The Bertz CT molecular complexity index is 1160. The Labute approximate surface area is 211 Å². The third-order valence-electron chi connectivity index (χ3n) is 5.92. The fraction of sp³-hybridized carbons (Fsp3) is 0.333. The summed E-state index contributed by atoms with van der Waals surface area (Å²) >= 11 is 0. The molecule has 9 heteroatoms. The van der Waals surface area contributed by atoms with Gasteiger partial charge in [0.15, 0.2) is 6.29 Å². The van der Waals surface area contributed by atoms with Gasteiger partial charge in [-0.25, -0.2) is 0 Å². The van der Waals surface area contributed by atoms with Crippen LogP contribution in [0, 0.1) is 0 Å². The van der Waals surface area contributed by atoms with Gasteiger partial charge in [0.05, 0.1) is 26.4 Å². The third-order valence-corrected chi connectivity index (χ3v) is 7.18. The van der Waals surface area contributed by atoms with Crippen molar-refractivity contribution in [1.82, 2.24) is 0 Å². The molecule has 0 aromatic heterocycles. The molecule has 1 aliphatic rings. The molecule has 3 aromatic carbocycles. The van der Waals surface area contributed by atoms with Crippen LogP contribution in [-0.2, 0) is 48.9 Å². The highest BCUT2D eigenvalue weighted by atomic mass is 32.2. The fourth-order valence-corrected chi connectivity index (χ4v) is 5.26. The minimum Gasteiger partial charge on any atom is -0.374 e.